The average molecular weight is 438 g/mol. The van der Waals surface area contributed by atoms with Crippen LogP contribution in [0.1, 0.15) is 19.6 Å². The first-order valence-corrected chi connectivity index (χ1v) is 11.0. The third-order valence-corrected chi connectivity index (χ3v) is 7.05. The maximum Gasteiger partial charge on any atom is 0.320 e. The molecule has 30 heavy (non-hydrogen) atoms. The molecule has 11 nitrogen and oxygen atoms in total. The molecule has 6 atom stereocenters. The minimum Gasteiger partial charge on any atom is -0.480 e. The van der Waals surface area contributed by atoms with Gasteiger partial charge in [-0.3, -0.25) is 9.36 Å². The third-order valence-electron chi connectivity index (χ3n) is 4.89. The topological polar surface area (TPSA) is 183 Å². The molecule has 0 aromatic carbocycles. The standard InChI is InChI=1S/C18H24N6O5S/c1-2-3-5-30(6-4-10(19)18(27)28)7-11-13(25)14(26)17(29-11)24-9-23-12-15(20)21-8-22-16(12)24/h8-11,13-14,17,25-26H,4-7,19H2,1H3,(H2-,20,21,22,27,28)/p+1/t10-,11+,13+,14+,17+,30+/m0/s1. The van der Waals surface area contributed by atoms with E-state index in [9.17, 15) is 15.0 Å². The van der Waals surface area contributed by atoms with Crippen LogP contribution >= 0.6 is 0 Å². The highest BCUT2D eigenvalue weighted by molar-refractivity contribution is 7.97. The zero-order valence-electron chi connectivity index (χ0n) is 16.4. The number of carboxylic acids is 1. The molecule has 1 aliphatic heterocycles. The van der Waals surface area contributed by atoms with Gasteiger partial charge in [0.05, 0.1) is 6.33 Å². The number of aliphatic hydroxyl groups is 2. The summed E-state index contributed by atoms with van der Waals surface area (Å²) >= 11 is 0. The summed E-state index contributed by atoms with van der Waals surface area (Å²) in [5, 5.41) is 30.2. The zero-order valence-corrected chi connectivity index (χ0v) is 17.2. The molecule has 12 heteroatoms. The highest BCUT2D eigenvalue weighted by Gasteiger charge is 2.47. The number of ether oxygens (including phenoxy) is 1. The molecule has 1 fully saturated rings. The molecular formula is C18H25N6O5S+. The Kier molecular flexibility index (Phi) is 7.11. The van der Waals surface area contributed by atoms with Crippen LogP contribution in [0, 0.1) is 11.8 Å². The average Bonchev–Trinajstić information content (AvgIpc) is 3.26. The van der Waals surface area contributed by atoms with E-state index in [0.717, 1.165) is 0 Å². The number of carbonyl (C=O) groups is 1. The van der Waals surface area contributed by atoms with Crippen LogP contribution in [0.15, 0.2) is 12.7 Å². The van der Waals surface area contributed by atoms with Crippen molar-refractivity contribution in [3.63, 3.8) is 0 Å². The van der Waals surface area contributed by atoms with E-state index >= 15 is 0 Å². The van der Waals surface area contributed by atoms with Crippen molar-refractivity contribution in [2.45, 2.75) is 43.9 Å². The van der Waals surface area contributed by atoms with Gasteiger partial charge in [0.1, 0.15) is 47.7 Å². The number of anilines is 1. The van der Waals surface area contributed by atoms with Crippen LogP contribution < -0.4 is 11.5 Å². The molecule has 3 rings (SSSR count). The maximum absolute atomic E-state index is 11.0. The van der Waals surface area contributed by atoms with Gasteiger partial charge in [-0.15, -0.1) is 5.92 Å². The van der Waals surface area contributed by atoms with E-state index in [1.807, 2.05) is 0 Å². The van der Waals surface area contributed by atoms with Gasteiger partial charge in [0.2, 0.25) is 0 Å². The SMILES string of the molecule is CC#CC[S@+](CC[C@H](N)C(=O)O)C[C@H]1O[C@@H](n2cnc3c(N)ncnc32)[C@H](O)[C@@H]1O. The monoisotopic (exact) mass is 437 g/mol. The van der Waals surface area contributed by atoms with Crippen molar-refractivity contribution in [3.8, 4) is 11.8 Å². The quantitative estimate of drug-likeness (QED) is 0.240. The van der Waals surface area contributed by atoms with Crippen molar-refractivity contribution in [2.75, 3.05) is 23.0 Å². The van der Waals surface area contributed by atoms with E-state index in [4.69, 9.17) is 21.3 Å². The molecule has 0 saturated carbocycles. The molecule has 7 N–H and O–H groups in total. The minimum atomic E-state index is -1.20. The summed E-state index contributed by atoms with van der Waals surface area (Å²) in [7, 11) is -0.363. The molecule has 0 unspecified atom stereocenters. The number of nitrogens with two attached hydrogens (primary N) is 2. The van der Waals surface area contributed by atoms with Crippen LogP contribution in [0.25, 0.3) is 11.2 Å². The Balaban J connectivity index is 1.74. The Morgan fingerprint density at radius 3 is 2.83 bits per heavy atom. The van der Waals surface area contributed by atoms with Crippen LogP contribution in [0.5, 0.6) is 0 Å². The smallest absolute Gasteiger partial charge is 0.320 e. The summed E-state index contributed by atoms with van der Waals surface area (Å²) in [6.07, 6.45) is -0.874. The van der Waals surface area contributed by atoms with Gasteiger partial charge in [0.15, 0.2) is 23.4 Å². The predicted octanol–water partition coefficient (Wildman–Crippen LogP) is -1.53. The Bertz CT molecular complexity index is 959. The van der Waals surface area contributed by atoms with Crippen molar-refractivity contribution in [1.82, 2.24) is 19.5 Å². The third kappa shape index (κ3) is 4.66. The lowest BCUT2D eigenvalue weighted by Crippen LogP contribution is -2.38. The zero-order chi connectivity index (χ0) is 21.8. The van der Waals surface area contributed by atoms with Crippen molar-refractivity contribution in [1.29, 1.82) is 0 Å². The first-order valence-electron chi connectivity index (χ1n) is 9.30. The Labute approximate surface area is 175 Å². The second kappa shape index (κ2) is 9.59. The van der Waals surface area contributed by atoms with E-state index in [2.05, 4.69) is 26.8 Å². The first kappa shape index (κ1) is 22.3. The number of aromatic nitrogens is 4. The van der Waals surface area contributed by atoms with Crippen molar-refractivity contribution in [3.05, 3.63) is 12.7 Å². The molecule has 2 aromatic rings. The lowest BCUT2D eigenvalue weighted by molar-refractivity contribution is -0.138. The minimum absolute atomic E-state index is 0.206. The van der Waals surface area contributed by atoms with E-state index in [1.54, 1.807) is 6.92 Å². The maximum atomic E-state index is 11.0. The lowest BCUT2D eigenvalue weighted by Gasteiger charge is -2.16. The normalized spacial score (nSPS) is 25.6. The van der Waals surface area contributed by atoms with Crippen LogP contribution in [-0.4, -0.2) is 82.4 Å². The van der Waals surface area contributed by atoms with Crippen LogP contribution in [0.4, 0.5) is 5.82 Å². The fourth-order valence-corrected chi connectivity index (χ4v) is 5.30. The van der Waals surface area contributed by atoms with Gasteiger partial charge in [0, 0.05) is 17.3 Å². The number of fused-ring (bicyclic) bond motifs is 1. The molecule has 0 bridgehead atoms. The molecule has 1 aliphatic rings. The molecular weight excluding hydrogens is 412 g/mol. The van der Waals surface area contributed by atoms with Gasteiger partial charge >= 0.3 is 5.97 Å². The summed E-state index contributed by atoms with van der Waals surface area (Å²) in [6.45, 7) is 1.73. The second-order valence-corrected chi connectivity index (χ2v) is 9.17. The van der Waals surface area contributed by atoms with Crippen molar-refractivity contribution >= 4 is 33.8 Å². The predicted molar refractivity (Wildman–Crippen MR) is 111 cm³/mol. The summed E-state index contributed by atoms with van der Waals surface area (Å²) in [5.41, 5.74) is 12.2. The van der Waals surface area contributed by atoms with E-state index in [-0.39, 0.29) is 16.7 Å². The molecule has 0 radical (unpaired) electrons. The van der Waals surface area contributed by atoms with Crippen molar-refractivity contribution in [2.24, 2.45) is 5.73 Å². The van der Waals surface area contributed by atoms with Crippen LogP contribution in [-0.2, 0) is 20.4 Å². The largest absolute Gasteiger partial charge is 0.480 e. The van der Waals surface area contributed by atoms with E-state index in [1.165, 1.54) is 17.2 Å². The number of aliphatic hydroxyl groups excluding tert-OH is 2. The number of aliphatic carboxylic acids is 1. The molecule has 3 heterocycles. The summed E-state index contributed by atoms with van der Waals surface area (Å²) < 4.78 is 7.50. The van der Waals surface area contributed by atoms with E-state index < -0.39 is 36.6 Å². The Hall–Kier alpha value is -2.43. The molecule has 162 valence electrons. The number of hydrogen-bond acceptors (Lipinski definition) is 9. The number of carboxylic acid groups (broad SMARTS) is 1. The highest BCUT2D eigenvalue weighted by Crippen LogP contribution is 2.32. The van der Waals surface area contributed by atoms with Gasteiger partial charge in [-0.05, 0) is 12.8 Å². The number of imidazole rings is 1. The lowest BCUT2D eigenvalue weighted by atomic mass is 10.1. The molecule has 0 amide bonds. The number of hydrogen-bond donors (Lipinski definition) is 5. The van der Waals surface area contributed by atoms with Gasteiger partial charge in [-0.1, -0.05) is 0 Å². The first-order chi connectivity index (χ1) is 14.3. The van der Waals surface area contributed by atoms with E-state index in [0.29, 0.717) is 34.8 Å². The fourth-order valence-electron chi connectivity index (χ4n) is 3.19. The van der Waals surface area contributed by atoms with Gasteiger partial charge in [-0.25, -0.2) is 15.0 Å². The van der Waals surface area contributed by atoms with Crippen molar-refractivity contribution < 1.29 is 24.9 Å². The summed E-state index contributed by atoms with van der Waals surface area (Å²) in [6, 6.07) is -0.954. The van der Waals surface area contributed by atoms with Crippen LogP contribution in [0.2, 0.25) is 0 Å². The second-order valence-electron chi connectivity index (χ2n) is 6.92. The van der Waals surface area contributed by atoms with Crippen LogP contribution in [0.3, 0.4) is 0 Å². The molecule has 0 aliphatic carbocycles. The van der Waals surface area contributed by atoms with Gasteiger partial charge in [0.25, 0.3) is 0 Å². The molecule has 2 aromatic heterocycles. The molecule has 0 spiro atoms. The summed E-state index contributed by atoms with van der Waals surface area (Å²) in [5.74, 6) is 6.47. The Morgan fingerprint density at radius 1 is 1.37 bits per heavy atom. The number of nitrogen functional groups attached to an aromatic ring is 1. The number of rotatable bonds is 8. The highest BCUT2D eigenvalue weighted by atomic mass is 32.2. The summed E-state index contributed by atoms with van der Waals surface area (Å²) in [4.78, 5) is 23.2. The van der Waals surface area contributed by atoms with Gasteiger partial charge < -0.3 is 31.5 Å². The van der Waals surface area contributed by atoms with Gasteiger partial charge in [-0.2, -0.15) is 0 Å². The fraction of sp³-hybridized carbons (Fsp3) is 0.556. The molecule has 1 saturated heterocycles. The number of nitrogens with zero attached hydrogens (tertiary/aromatic N) is 4. The Morgan fingerprint density at radius 2 is 2.13 bits per heavy atom.